The van der Waals surface area contributed by atoms with E-state index in [9.17, 15) is 18.3 Å². The average Bonchev–Trinajstić information content (AvgIpc) is 2.15. The smallest absolute Gasteiger partial charge is 0.550 e. The largest absolute Gasteiger partial charge is 1.00 e. The summed E-state index contributed by atoms with van der Waals surface area (Å²) < 4.78 is 26.5. The number of carbonyl (C=O) groups excluding carboxylic acids is 1. The summed E-state index contributed by atoms with van der Waals surface area (Å²) in [5.41, 5.74) is 0.265. The van der Waals surface area contributed by atoms with Crippen molar-refractivity contribution in [1.29, 1.82) is 0 Å². The minimum Gasteiger partial charge on any atom is -0.550 e. The van der Waals surface area contributed by atoms with Gasteiger partial charge in [0.05, 0.1) is 5.69 Å². The van der Waals surface area contributed by atoms with Crippen LogP contribution >= 0.6 is 0 Å². The van der Waals surface area contributed by atoms with Gasteiger partial charge in [0.15, 0.2) is 0 Å². The molecule has 0 fully saturated rings. The molecule has 7 nitrogen and oxygen atoms in total. The Morgan fingerprint density at radius 2 is 2.18 bits per heavy atom. The molecule has 0 saturated heterocycles. The molecular weight excluding hydrogens is 257 g/mol. The zero-order chi connectivity index (χ0) is 11.8. The Kier molecular flexibility index (Phi) is 4.26. The van der Waals surface area contributed by atoms with Gasteiger partial charge in [-0.1, -0.05) is 0 Å². The number of carboxylic acid groups (broad SMARTS) is 1. The molecule has 1 aromatic rings. The first kappa shape index (κ1) is 14.1. The molecular formula is C8H6N3NaO4S. The molecule has 2 heterocycles. The maximum absolute atomic E-state index is 11.6. The summed E-state index contributed by atoms with van der Waals surface area (Å²) in [7, 11) is -3.86. The van der Waals surface area contributed by atoms with Gasteiger partial charge in [-0.15, -0.1) is 4.40 Å². The third-order valence-corrected chi connectivity index (χ3v) is 3.23. The van der Waals surface area contributed by atoms with Crippen molar-refractivity contribution in [3.63, 3.8) is 0 Å². The number of anilines is 1. The number of pyridine rings is 1. The Hall–Kier alpha value is -0.960. The Morgan fingerprint density at radius 3 is 2.82 bits per heavy atom. The molecule has 0 saturated carbocycles. The van der Waals surface area contributed by atoms with E-state index in [1.54, 1.807) is 0 Å². The van der Waals surface area contributed by atoms with E-state index in [0.717, 1.165) is 6.20 Å². The predicted octanol–water partition coefficient (Wildman–Crippen LogP) is -4.26. The topological polar surface area (TPSA) is 112 Å². The molecule has 0 aliphatic carbocycles. The first-order chi connectivity index (χ1) is 7.49. The number of hydrogen-bond donors (Lipinski definition) is 1. The van der Waals surface area contributed by atoms with Crippen LogP contribution in [-0.4, -0.2) is 25.2 Å². The molecule has 0 aromatic carbocycles. The molecule has 0 unspecified atom stereocenters. The maximum atomic E-state index is 11.6. The van der Waals surface area contributed by atoms with Gasteiger partial charge in [-0.05, 0) is 6.07 Å². The van der Waals surface area contributed by atoms with Gasteiger partial charge >= 0.3 is 29.6 Å². The number of carbonyl (C=O) groups is 1. The number of amidine groups is 1. The molecule has 17 heavy (non-hydrogen) atoms. The fourth-order valence-electron chi connectivity index (χ4n) is 1.27. The van der Waals surface area contributed by atoms with Gasteiger partial charge in [-0.2, -0.15) is 8.42 Å². The van der Waals surface area contributed by atoms with Crippen LogP contribution in [0.4, 0.5) is 5.69 Å². The monoisotopic (exact) mass is 263 g/mol. The van der Waals surface area contributed by atoms with Crippen molar-refractivity contribution in [1.82, 2.24) is 4.98 Å². The number of nitrogens with one attached hydrogen (secondary N) is 1. The predicted molar refractivity (Wildman–Crippen MR) is 52.1 cm³/mol. The fraction of sp³-hybridized carbons (Fsp3) is 0.125. The maximum Gasteiger partial charge on any atom is 1.00 e. The normalized spacial score (nSPS) is 15.9. The van der Waals surface area contributed by atoms with Crippen LogP contribution in [0.5, 0.6) is 0 Å². The molecule has 0 radical (unpaired) electrons. The molecule has 2 rings (SSSR count). The minimum atomic E-state index is -3.86. The van der Waals surface area contributed by atoms with Gasteiger partial charge in [-0.25, -0.2) is 0 Å². The van der Waals surface area contributed by atoms with Gasteiger partial charge in [0.2, 0.25) is 0 Å². The zero-order valence-electron chi connectivity index (χ0n) is 8.87. The molecule has 0 bridgehead atoms. The van der Waals surface area contributed by atoms with Gasteiger partial charge in [0, 0.05) is 24.8 Å². The third kappa shape index (κ3) is 3.03. The van der Waals surface area contributed by atoms with Crippen molar-refractivity contribution in [2.24, 2.45) is 4.40 Å². The van der Waals surface area contributed by atoms with Gasteiger partial charge < -0.3 is 15.2 Å². The molecule has 0 amide bonds. The van der Waals surface area contributed by atoms with Crippen molar-refractivity contribution in [2.45, 2.75) is 11.3 Å². The van der Waals surface area contributed by atoms with Crippen LogP contribution in [0.15, 0.2) is 27.8 Å². The summed E-state index contributed by atoms with van der Waals surface area (Å²) in [4.78, 5) is 13.9. The minimum absolute atomic E-state index is 0. The molecule has 9 heteroatoms. The van der Waals surface area contributed by atoms with Crippen LogP contribution in [0, 0.1) is 0 Å². The summed E-state index contributed by atoms with van der Waals surface area (Å²) in [6.45, 7) is 0. The van der Waals surface area contributed by atoms with E-state index in [4.69, 9.17) is 0 Å². The van der Waals surface area contributed by atoms with E-state index in [0.29, 0.717) is 0 Å². The Labute approximate surface area is 119 Å². The number of fused-ring (bicyclic) bond motifs is 1. The van der Waals surface area contributed by atoms with Crippen molar-refractivity contribution in [3.8, 4) is 0 Å². The SMILES string of the molecule is O=C([O-])CC1=NS(=O)(=O)c2cnccc2N1.[Na+]. The summed E-state index contributed by atoms with van der Waals surface area (Å²) in [6.07, 6.45) is 1.96. The van der Waals surface area contributed by atoms with Crippen molar-refractivity contribution in [2.75, 3.05) is 5.32 Å². The number of rotatable bonds is 2. The zero-order valence-corrected chi connectivity index (χ0v) is 11.7. The van der Waals surface area contributed by atoms with Gasteiger partial charge in [0.25, 0.3) is 10.0 Å². The van der Waals surface area contributed by atoms with E-state index in [1.807, 2.05) is 0 Å². The van der Waals surface area contributed by atoms with Gasteiger partial charge in [0.1, 0.15) is 10.7 Å². The Morgan fingerprint density at radius 1 is 1.47 bits per heavy atom. The van der Waals surface area contributed by atoms with Crippen LogP contribution in [0.2, 0.25) is 0 Å². The number of aromatic nitrogens is 1. The first-order valence-corrected chi connectivity index (χ1v) is 5.68. The summed E-state index contributed by atoms with van der Waals surface area (Å²) in [6, 6.07) is 1.43. The summed E-state index contributed by atoms with van der Waals surface area (Å²) >= 11 is 0. The number of sulfonamides is 1. The van der Waals surface area contributed by atoms with Crippen molar-refractivity contribution in [3.05, 3.63) is 18.5 Å². The van der Waals surface area contributed by atoms with E-state index in [2.05, 4.69) is 14.7 Å². The van der Waals surface area contributed by atoms with Crippen molar-refractivity contribution < 1.29 is 47.9 Å². The average molecular weight is 263 g/mol. The van der Waals surface area contributed by atoms with E-state index in [1.165, 1.54) is 12.3 Å². The second-order valence-corrected chi connectivity index (χ2v) is 4.63. The number of aliphatic carboxylic acids is 1. The Balaban J connectivity index is 0.00000144. The van der Waals surface area contributed by atoms with Crippen LogP contribution in [0.3, 0.4) is 0 Å². The standard InChI is InChI=1S/C8H7N3O4S.Na/c12-8(13)3-7-10-5-1-2-9-4-6(5)16(14,15)11-7;/h1-2,4H,3H2,(H,10,11)(H,12,13);/q;+1/p-1. The number of hydrogen-bond acceptors (Lipinski definition) is 6. The van der Waals surface area contributed by atoms with E-state index in [-0.39, 0.29) is 46.0 Å². The molecule has 1 N–H and O–H groups in total. The summed E-state index contributed by atoms with van der Waals surface area (Å²) in [5.74, 6) is -1.57. The Bertz CT molecular complexity index is 584. The fourth-order valence-corrected chi connectivity index (χ4v) is 2.36. The van der Waals surface area contributed by atoms with E-state index >= 15 is 0 Å². The molecule has 0 atom stereocenters. The van der Waals surface area contributed by atoms with Crippen LogP contribution in [-0.2, 0) is 14.8 Å². The summed E-state index contributed by atoms with van der Waals surface area (Å²) in [5, 5.41) is 12.9. The number of nitrogens with zero attached hydrogens (tertiary/aromatic N) is 2. The van der Waals surface area contributed by atoms with E-state index < -0.39 is 22.4 Å². The van der Waals surface area contributed by atoms with Crippen LogP contribution in [0.1, 0.15) is 6.42 Å². The van der Waals surface area contributed by atoms with Crippen LogP contribution in [0.25, 0.3) is 0 Å². The second-order valence-electron chi connectivity index (χ2n) is 3.06. The molecule has 1 aliphatic rings. The molecule has 1 aliphatic heterocycles. The molecule has 1 aromatic heterocycles. The number of carboxylic acids is 1. The molecule has 84 valence electrons. The van der Waals surface area contributed by atoms with Crippen molar-refractivity contribution >= 4 is 27.5 Å². The quantitative estimate of drug-likeness (QED) is 0.541. The van der Waals surface area contributed by atoms with Crippen LogP contribution < -0.4 is 40.0 Å². The molecule has 0 spiro atoms. The van der Waals surface area contributed by atoms with Gasteiger partial charge in [-0.3, -0.25) is 4.98 Å². The first-order valence-electron chi connectivity index (χ1n) is 4.24. The third-order valence-electron chi connectivity index (χ3n) is 1.88. The second kappa shape index (κ2) is 5.13.